The van der Waals surface area contributed by atoms with E-state index in [1.54, 1.807) is 7.05 Å². The number of benzene rings is 2. The van der Waals surface area contributed by atoms with E-state index in [1.807, 2.05) is 12.1 Å². The van der Waals surface area contributed by atoms with Crippen LogP contribution in [0.15, 0.2) is 65.7 Å². The van der Waals surface area contributed by atoms with Crippen LogP contribution in [-0.2, 0) is 16.3 Å². The number of hydrogen-bond acceptors (Lipinski definition) is 3. The zero-order chi connectivity index (χ0) is 19.8. The molecule has 28 heavy (non-hydrogen) atoms. The SMILES string of the molecule is CN=C(NCC1CCS(=O)(=O)C1)NCC(Cc1ccccc1)c1ccccc1. The van der Waals surface area contributed by atoms with Gasteiger partial charge in [0.15, 0.2) is 15.8 Å². The van der Waals surface area contributed by atoms with Gasteiger partial charge in [-0.2, -0.15) is 0 Å². The second-order valence-corrected chi connectivity index (χ2v) is 9.63. The lowest BCUT2D eigenvalue weighted by Gasteiger charge is -2.21. The van der Waals surface area contributed by atoms with Gasteiger partial charge in [0.2, 0.25) is 0 Å². The normalized spacial score (nSPS) is 19.9. The highest BCUT2D eigenvalue weighted by Crippen LogP contribution is 2.20. The molecule has 0 radical (unpaired) electrons. The van der Waals surface area contributed by atoms with E-state index in [0.717, 1.165) is 25.3 Å². The van der Waals surface area contributed by atoms with E-state index in [0.29, 0.717) is 18.2 Å². The molecule has 0 spiro atoms. The molecule has 5 nitrogen and oxygen atoms in total. The fraction of sp³-hybridized carbons (Fsp3) is 0.409. The third-order valence-corrected chi connectivity index (χ3v) is 7.06. The first-order valence-corrected chi connectivity index (χ1v) is 11.6. The number of sulfone groups is 1. The van der Waals surface area contributed by atoms with E-state index in [-0.39, 0.29) is 11.7 Å². The fourth-order valence-electron chi connectivity index (χ4n) is 3.65. The molecule has 1 saturated heterocycles. The third kappa shape index (κ3) is 6.09. The molecule has 1 aliphatic rings. The lowest BCUT2D eigenvalue weighted by atomic mass is 9.92. The van der Waals surface area contributed by atoms with Gasteiger partial charge in [-0.1, -0.05) is 60.7 Å². The second-order valence-electron chi connectivity index (χ2n) is 7.40. The van der Waals surface area contributed by atoms with Gasteiger partial charge in [0, 0.05) is 26.1 Å². The van der Waals surface area contributed by atoms with Gasteiger partial charge in [-0.15, -0.1) is 0 Å². The van der Waals surface area contributed by atoms with Gasteiger partial charge < -0.3 is 10.6 Å². The van der Waals surface area contributed by atoms with E-state index in [4.69, 9.17) is 0 Å². The van der Waals surface area contributed by atoms with Crippen LogP contribution in [-0.4, -0.2) is 46.0 Å². The van der Waals surface area contributed by atoms with E-state index in [1.165, 1.54) is 11.1 Å². The van der Waals surface area contributed by atoms with E-state index < -0.39 is 9.84 Å². The minimum Gasteiger partial charge on any atom is -0.356 e. The van der Waals surface area contributed by atoms with Crippen LogP contribution in [0.25, 0.3) is 0 Å². The summed E-state index contributed by atoms with van der Waals surface area (Å²) in [6.45, 7) is 1.38. The van der Waals surface area contributed by atoms with Gasteiger partial charge in [0.1, 0.15) is 0 Å². The quantitative estimate of drug-likeness (QED) is 0.555. The molecule has 2 atom stereocenters. The summed E-state index contributed by atoms with van der Waals surface area (Å²) >= 11 is 0. The van der Waals surface area contributed by atoms with Gasteiger partial charge in [0.05, 0.1) is 11.5 Å². The monoisotopic (exact) mass is 399 g/mol. The molecule has 1 heterocycles. The van der Waals surface area contributed by atoms with Crippen LogP contribution >= 0.6 is 0 Å². The summed E-state index contributed by atoms with van der Waals surface area (Å²) in [5.74, 6) is 1.78. The van der Waals surface area contributed by atoms with Crippen molar-refractivity contribution < 1.29 is 8.42 Å². The molecule has 1 fully saturated rings. The Bertz CT molecular complexity index is 867. The van der Waals surface area contributed by atoms with Crippen LogP contribution in [0.3, 0.4) is 0 Å². The maximum absolute atomic E-state index is 11.6. The highest BCUT2D eigenvalue weighted by molar-refractivity contribution is 7.91. The Morgan fingerprint density at radius 3 is 2.36 bits per heavy atom. The molecule has 2 aromatic rings. The minimum atomic E-state index is -2.85. The Kier molecular flexibility index (Phi) is 7.09. The van der Waals surface area contributed by atoms with Crippen LogP contribution in [0.4, 0.5) is 0 Å². The number of nitrogens with zero attached hydrogens (tertiary/aromatic N) is 1. The molecule has 0 bridgehead atoms. The van der Waals surface area contributed by atoms with Crippen molar-refractivity contribution >= 4 is 15.8 Å². The Labute approximate surface area is 168 Å². The van der Waals surface area contributed by atoms with Crippen molar-refractivity contribution in [1.29, 1.82) is 0 Å². The van der Waals surface area contributed by atoms with Gasteiger partial charge in [-0.05, 0) is 29.9 Å². The molecule has 150 valence electrons. The van der Waals surface area contributed by atoms with Crippen molar-refractivity contribution in [3.63, 3.8) is 0 Å². The Balaban J connectivity index is 1.58. The van der Waals surface area contributed by atoms with Gasteiger partial charge >= 0.3 is 0 Å². The summed E-state index contributed by atoms with van der Waals surface area (Å²) in [6.07, 6.45) is 1.67. The topological polar surface area (TPSA) is 70.6 Å². The Morgan fingerprint density at radius 2 is 1.75 bits per heavy atom. The van der Waals surface area contributed by atoms with Gasteiger partial charge in [-0.25, -0.2) is 8.42 Å². The van der Waals surface area contributed by atoms with Crippen LogP contribution in [0.5, 0.6) is 0 Å². The average Bonchev–Trinajstić information content (AvgIpc) is 3.07. The van der Waals surface area contributed by atoms with E-state index in [2.05, 4.69) is 64.2 Å². The summed E-state index contributed by atoms with van der Waals surface area (Å²) < 4.78 is 23.3. The molecular weight excluding hydrogens is 370 g/mol. The first-order valence-electron chi connectivity index (χ1n) is 9.79. The highest BCUT2D eigenvalue weighted by atomic mass is 32.2. The molecule has 0 aliphatic carbocycles. The van der Waals surface area contributed by atoms with Crippen molar-refractivity contribution in [3.8, 4) is 0 Å². The second kappa shape index (κ2) is 9.73. The zero-order valence-electron chi connectivity index (χ0n) is 16.3. The number of nitrogens with one attached hydrogen (secondary N) is 2. The van der Waals surface area contributed by atoms with Crippen LogP contribution in [0.1, 0.15) is 23.5 Å². The van der Waals surface area contributed by atoms with Crippen molar-refractivity contribution in [2.75, 3.05) is 31.6 Å². The highest BCUT2D eigenvalue weighted by Gasteiger charge is 2.27. The number of hydrogen-bond donors (Lipinski definition) is 2. The number of aliphatic imine (C=N–C) groups is 1. The average molecular weight is 400 g/mol. The Morgan fingerprint density at radius 1 is 1.07 bits per heavy atom. The van der Waals surface area contributed by atoms with Crippen LogP contribution < -0.4 is 10.6 Å². The largest absolute Gasteiger partial charge is 0.356 e. The van der Waals surface area contributed by atoms with Gasteiger partial charge in [0.25, 0.3) is 0 Å². The molecule has 0 aromatic heterocycles. The van der Waals surface area contributed by atoms with Crippen molar-refractivity contribution in [1.82, 2.24) is 10.6 Å². The maximum atomic E-state index is 11.6. The molecule has 6 heteroatoms. The van der Waals surface area contributed by atoms with Gasteiger partial charge in [-0.3, -0.25) is 4.99 Å². The standard InChI is InChI=1S/C22H29N3O2S/c1-23-22(24-15-19-12-13-28(26,27)17-19)25-16-21(20-10-6-3-7-11-20)14-18-8-4-2-5-9-18/h2-11,19,21H,12-17H2,1H3,(H2,23,24,25). The summed E-state index contributed by atoms with van der Waals surface area (Å²) in [5, 5.41) is 6.72. The molecule has 2 N–H and O–H groups in total. The number of guanidine groups is 1. The molecule has 0 amide bonds. The molecule has 2 unspecified atom stereocenters. The summed E-state index contributed by atoms with van der Waals surface area (Å²) in [5.41, 5.74) is 2.59. The lowest BCUT2D eigenvalue weighted by molar-refractivity contribution is 0.563. The lowest BCUT2D eigenvalue weighted by Crippen LogP contribution is -2.41. The maximum Gasteiger partial charge on any atom is 0.191 e. The predicted octanol–water partition coefficient (Wildman–Crippen LogP) is 2.61. The molecule has 1 aliphatic heterocycles. The summed E-state index contributed by atoms with van der Waals surface area (Å²) in [7, 11) is -1.10. The van der Waals surface area contributed by atoms with Crippen molar-refractivity contribution in [2.24, 2.45) is 10.9 Å². The van der Waals surface area contributed by atoms with E-state index >= 15 is 0 Å². The zero-order valence-corrected chi connectivity index (χ0v) is 17.2. The molecule has 2 aromatic carbocycles. The van der Waals surface area contributed by atoms with Crippen LogP contribution in [0, 0.1) is 5.92 Å². The van der Waals surface area contributed by atoms with E-state index in [9.17, 15) is 8.42 Å². The fourth-order valence-corrected chi connectivity index (χ4v) is 5.51. The predicted molar refractivity (Wildman–Crippen MR) is 115 cm³/mol. The third-order valence-electron chi connectivity index (χ3n) is 5.22. The first kappa shape index (κ1) is 20.4. The number of rotatable bonds is 7. The van der Waals surface area contributed by atoms with Crippen molar-refractivity contribution in [3.05, 3.63) is 71.8 Å². The van der Waals surface area contributed by atoms with Crippen LogP contribution in [0.2, 0.25) is 0 Å². The molecular formula is C22H29N3O2S. The summed E-state index contributed by atoms with van der Waals surface area (Å²) in [6, 6.07) is 21.0. The van der Waals surface area contributed by atoms with Crippen molar-refractivity contribution in [2.45, 2.75) is 18.8 Å². The molecule has 3 rings (SSSR count). The smallest absolute Gasteiger partial charge is 0.191 e. The Hall–Kier alpha value is -2.34. The summed E-state index contributed by atoms with van der Waals surface area (Å²) in [4.78, 5) is 4.30. The minimum absolute atomic E-state index is 0.165. The first-order chi connectivity index (χ1) is 13.6. The molecule has 0 saturated carbocycles.